The van der Waals surface area contributed by atoms with Crippen LogP contribution in [0.15, 0.2) is 12.2 Å². The molecule has 1 aliphatic heterocycles. The first-order valence-corrected chi connectivity index (χ1v) is 18.3. The van der Waals surface area contributed by atoms with Crippen LogP contribution < -0.4 is 0 Å². The molecule has 0 aromatic heterocycles. The maximum absolute atomic E-state index is 15.3. The number of rotatable bonds is 9. The van der Waals surface area contributed by atoms with E-state index in [9.17, 15) is 33.6 Å². The SMILES string of the molecule is C=C1[C@@H](OC(C)=O)[C@H]2[C@@H](OC(C)=O)[C@](C)(OC(C)=O)C[C@]2(OC(C)=O)C(=O)[C@H](C)[C@]2(C)O[C@H]2C(C)(C)[C@H](OC(C)=O)[C@@H](OC(=O)C(C)C)[C@H]1OC(=O)C(C)C. The summed E-state index contributed by atoms with van der Waals surface area (Å²) in [5, 5.41) is 0. The minimum Gasteiger partial charge on any atom is -0.458 e. The Morgan fingerprint density at radius 1 is 0.673 bits per heavy atom. The van der Waals surface area contributed by atoms with E-state index >= 15 is 4.79 Å². The van der Waals surface area contributed by atoms with Crippen molar-refractivity contribution in [3.05, 3.63) is 12.2 Å². The summed E-state index contributed by atoms with van der Waals surface area (Å²) >= 11 is 0. The third-order valence-electron chi connectivity index (χ3n) is 10.7. The normalized spacial score (nSPS) is 35.5. The first-order chi connectivity index (χ1) is 25.1. The van der Waals surface area contributed by atoms with E-state index < -0.39 is 137 Å². The highest BCUT2D eigenvalue weighted by Gasteiger charge is 2.76. The number of carbonyl (C=O) groups is 8. The molecule has 3 aliphatic rings. The number of hydrogen-bond donors (Lipinski definition) is 0. The van der Waals surface area contributed by atoms with E-state index in [1.165, 1.54) is 27.7 Å². The monoisotopic (exact) mass is 780 g/mol. The Balaban J connectivity index is 2.64. The van der Waals surface area contributed by atoms with Crippen molar-refractivity contribution in [3.8, 4) is 0 Å². The molecule has 0 bridgehead atoms. The molecule has 55 heavy (non-hydrogen) atoms. The summed E-state index contributed by atoms with van der Waals surface area (Å²) in [6.07, 6.45) is -10.1. The number of fused-ring (bicyclic) bond motifs is 2. The van der Waals surface area contributed by atoms with E-state index in [-0.39, 0.29) is 5.57 Å². The third-order valence-corrected chi connectivity index (χ3v) is 10.7. The van der Waals surface area contributed by atoms with Crippen LogP contribution in [0.25, 0.3) is 0 Å². The molecule has 0 unspecified atom stereocenters. The van der Waals surface area contributed by atoms with Crippen molar-refractivity contribution in [1.82, 2.24) is 0 Å². The number of Topliss-reactive ketones (excluding diaryl/α,β-unsaturated/α-hetero) is 1. The van der Waals surface area contributed by atoms with Crippen molar-refractivity contribution >= 4 is 47.6 Å². The average molecular weight is 781 g/mol. The molecule has 16 nitrogen and oxygen atoms in total. The van der Waals surface area contributed by atoms with Gasteiger partial charge in [-0.15, -0.1) is 0 Å². The van der Waals surface area contributed by atoms with Gasteiger partial charge in [0.05, 0.1) is 29.8 Å². The molecule has 0 aromatic carbocycles. The summed E-state index contributed by atoms with van der Waals surface area (Å²) in [6.45, 7) is 23.5. The lowest BCUT2D eigenvalue weighted by molar-refractivity contribution is -0.201. The zero-order valence-electron chi connectivity index (χ0n) is 34.2. The summed E-state index contributed by atoms with van der Waals surface area (Å²) < 4.78 is 48.0. The van der Waals surface area contributed by atoms with E-state index in [1.807, 2.05) is 0 Å². The van der Waals surface area contributed by atoms with Gasteiger partial charge in [0.25, 0.3) is 0 Å². The quantitative estimate of drug-likeness (QED) is 0.142. The smallest absolute Gasteiger partial charge is 0.309 e. The molecule has 0 N–H and O–H groups in total. The minimum atomic E-state index is -2.41. The summed E-state index contributed by atoms with van der Waals surface area (Å²) in [7, 11) is 0. The largest absolute Gasteiger partial charge is 0.458 e. The van der Waals surface area contributed by atoms with Gasteiger partial charge in [-0.25, -0.2) is 0 Å². The summed E-state index contributed by atoms with van der Waals surface area (Å²) in [4.78, 5) is 107. The van der Waals surface area contributed by atoms with Gasteiger partial charge >= 0.3 is 41.8 Å². The van der Waals surface area contributed by atoms with E-state index in [2.05, 4.69) is 6.58 Å². The lowest BCUT2D eigenvalue weighted by atomic mass is 9.67. The average Bonchev–Trinajstić information content (AvgIpc) is 3.69. The highest BCUT2D eigenvalue weighted by molar-refractivity contribution is 5.94. The molecule has 3 fully saturated rings. The van der Waals surface area contributed by atoms with Crippen LogP contribution in [0.2, 0.25) is 0 Å². The fourth-order valence-corrected chi connectivity index (χ4v) is 8.15. The van der Waals surface area contributed by atoms with Gasteiger partial charge in [-0.3, -0.25) is 38.4 Å². The molecular weight excluding hydrogens is 724 g/mol. The fraction of sp³-hybridized carbons (Fsp3) is 0.744. The second kappa shape index (κ2) is 16.0. The van der Waals surface area contributed by atoms with E-state index in [0.29, 0.717) is 0 Å². The van der Waals surface area contributed by atoms with E-state index in [4.69, 9.17) is 37.9 Å². The number of ketones is 1. The third kappa shape index (κ3) is 8.89. The molecule has 0 spiro atoms. The first kappa shape index (κ1) is 45.1. The van der Waals surface area contributed by atoms with Gasteiger partial charge < -0.3 is 37.9 Å². The van der Waals surface area contributed by atoms with Crippen LogP contribution in [-0.4, -0.2) is 101 Å². The van der Waals surface area contributed by atoms with Crippen molar-refractivity contribution in [1.29, 1.82) is 0 Å². The van der Waals surface area contributed by atoms with Gasteiger partial charge in [-0.05, 0) is 13.8 Å². The number of esters is 7. The molecule has 2 aliphatic carbocycles. The highest BCUT2D eigenvalue weighted by atomic mass is 16.6. The minimum absolute atomic E-state index is 0.343. The predicted molar refractivity (Wildman–Crippen MR) is 189 cm³/mol. The van der Waals surface area contributed by atoms with Gasteiger partial charge in [-0.2, -0.15) is 0 Å². The van der Waals surface area contributed by atoms with Gasteiger partial charge in [0.2, 0.25) is 0 Å². The molecule has 3 rings (SSSR count). The number of hydrogen-bond acceptors (Lipinski definition) is 16. The summed E-state index contributed by atoms with van der Waals surface area (Å²) in [6, 6.07) is 0. The topological polar surface area (TPSA) is 214 Å². The fourth-order valence-electron chi connectivity index (χ4n) is 8.15. The van der Waals surface area contributed by atoms with Crippen molar-refractivity contribution in [2.45, 2.75) is 157 Å². The maximum atomic E-state index is 15.3. The van der Waals surface area contributed by atoms with Gasteiger partial charge in [0.15, 0.2) is 41.4 Å². The van der Waals surface area contributed by atoms with Crippen LogP contribution >= 0.6 is 0 Å². The van der Waals surface area contributed by atoms with Gasteiger partial charge in [-0.1, -0.05) is 55.0 Å². The standard InChI is InChI=1S/C39H56O16/c1-17(2)33(46)51-28-19(5)27(48-21(7)40)26-31(49-22(8)41)37(14,53-24(10)43)16-39(26,54-25(11)44)30(45)20(6)38(15)35(55-38)36(12,13)32(50-23(9)42)29(28)52-34(47)18(3)4/h17-18,20,26-29,31-32,35H,5,16H2,1-4,6-15H3/t20-,26-,27+,28-,29-,31+,32+,35-,37+,38-,39+/m0/s1. The molecule has 0 aromatic rings. The zero-order valence-corrected chi connectivity index (χ0v) is 34.2. The number of epoxide rings is 1. The molecule has 0 radical (unpaired) electrons. The second-order valence-corrected chi connectivity index (χ2v) is 16.4. The van der Waals surface area contributed by atoms with E-state index in [0.717, 1.165) is 34.6 Å². The molecule has 16 heteroatoms. The van der Waals surface area contributed by atoms with Crippen LogP contribution in [0.4, 0.5) is 0 Å². The molecule has 0 amide bonds. The lowest BCUT2D eigenvalue weighted by Crippen LogP contribution is -2.61. The molecule has 2 saturated carbocycles. The molecule has 11 atom stereocenters. The van der Waals surface area contributed by atoms with Crippen molar-refractivity contribution in [2.75, 3.05) is 0 Å². The first-order valence-electron chi connectivity index (χ1n) is 18.3. The molecule has 1 saturated heterocycles. The predicted octanol–water partition coefficient (Wildman–Crippen LogP) is 3.52. The second-order valence-electron chi connectivity index (χ2n) is 16.4. The Bertz CT molecular complexity index is 1610. The Morgan fingerprint density at radius 2 is 1.15 bits per heavy atom. The van der Waals surface area contributed by atoms with Crippen LogP contribution in [0.1, 0.15) is 103 Å². The Labute approximate surface area is 321 Å². The van der Waals surface area contributed by atoms with Crippen LogP contribution in [0, 0.1) is 29.1 Å². The van der Waals surface area contributed by atoms with Crippen LogP contribution in [-0.2, 0) is 76.3 Å². The Hall–Kier alpha value is -4.34. The van der Waals surface area contributed by atoms with Crippen LogP contribution in [0.3, 0.4) is 0 Å². The Morgan fingerprint density at radius 3 is 1.60 bits per heavy atom. The van der Waals surface area contributed by atoms with Crippen molar-refractivity contribution in [3.63, 3.8) is 0 Å². The van der Waals surface area contributed by atoms with Crippen LogP contribution in [0.5, 0.6) is 0 Å². The van der Waals surface area contributed by atoms with Gasteiger partial charge in [0, 0.05) is 52.0 Å². The molecule has 1 heterocycles. The number of ether oxygens (including phenoxy) is 8. The lowest BCUT2D eigenvalue weighted by Gasteiger charge is -2.45. The van der Waals surface area contributed by atoms with Crippen molar-refractivity contribution in [2.24, 2.45) is 29.1 Å². The molecular formula is C39H56O16. The Kier molecular flexibility index (Phi) is 13.1. The molecule has 308 valence electrons. The number of carbonyl (C=O) groups excluding carboxylic acids is 8. The van der Waals surface area contributed by atoms with Gasteiger partial charge in [0.1, 0.15) is 11.7 Å². The summed E-state index contributed by atoms with van der Waals surface area (Å²) in [5.74, 6) is -11.4. The zero-order chi connectivity index (χ0) is 42.3. The highest BCUT2D eigenvalue weighted by Crippen LogP contribution is 2.59. The van der Waals surface area contributed by atoms with Crippen molar-refractivity contribution < 1.29 is 76.3 Å². The maximum Gasteiger partial charge on any atom is 0.309 e. The van der Waals surface area contributed by atoms with E-state index in [1.54, 1.807) is 34.6 Å². The summed E-state index contributed by atoms with van der Waals surface area (Å²) in [5.41, 5.74) is -7.41.